The van der Waals surface area contributed by atoms with Crippen molar-refractivity contribution >= 4 is 22.9 Å². The molecule has 2 saturated heterocycles. The number of anilines is 2. The van der Waals surface area contributed by atoms with Crippen molar-refractivity contribution in [1.29, 1.82) is 0 Å². The molecule has 0 saturated carbocycles. The molecular formula is C16H24N6O2. The maximum Gasteiger partial charge on any atom is 0.245 e. The third kappa shape index (κ3) is 3.02. The zero-order valence-corrected chi connectivity index (χ0v) is 14.1. The molecule has 2 aliphatic rings. The molecule has 2 aliphatic heterocycles. The Balaban J connectivity index is 1.68. The Hall–Kier alpha value is -1.96. The number of ether oxygens (including phenoxy) is 1. The Bertz CT molecular complexity index is 674. The standard InChI is InChI=1S/C16H24N6O2/c1-23-12-6-10-22(11-7-12)16-15(21-8-4-2-3-5-9-21)17-13-14(18-16)20-24-19-13/h12H,2-11H2,1H3. The van der Waals surface area contributed by atoms with Gasteiger partial charge in [-0.1, -0.05) is 12.8 Å². The van der Waals surface area contributed by atoms with Crippen LogP contribution in [0.5, 0.6) is 0 Å². The van der Waals surface area contributed by atoms with Crippen LogP contribution in [0.2, 0.25) is 0 Å². The SMILES string of the molecule is COC1CCN(c2nc3nonc3nc2N2CCCCCC2)CC1. The summed E-state index contributed by atoms with van der Waals surface area (Å²) in [4.78, 5) is 14.1. The Morgan fingerprint density at radius 1 is 0.833 bits per heavy atom. The van der Waals surface area contributed by atoms with Gasteiger partial charge in [-0.3, -0.25) is 0 Å². The second-order valence-corrected chi connectivity index (χ2v) is 6.61. The van der Waals surface area contributed by atoms with E-state index >= 15 is 0 Å². The topological polar surface area (TPSA) is 80.4 Å². The monoisotopic (exact) mass is 332 g/mol. The van der Waals surface area contributed by atoms with Gasteiger partial charge in [-0.25, -0.2) is 14.6 Å². The van der Waals surface area contributed by atoms with Crippen LogP contribution in [0.3, 0.4) is 0 Å². The summed E-state index contributed by atoms with van der Waals surface area (Å²) in [5, 5.41) is 7.76. The summed E-state index contributed by atoms with van der Waals surface area (Å²) in [6.07, 6.45) is 7.32. The largest absolute Gasteiger partial charge is 0.381 e. The lowest BCUT2D eigenvalue weighted by Crippen LogP contribution is -2.39. The predicted octanol–water partition coefficient (Wildman–Crippen LogP) is 2.01. The van der Waals surface area contributed by atoms with Crippen LogP contribution in [0.4, 0.5) is 11.6 Å². The Labute approximate surface area is 141 Å². The lowest BCUT2D eigenvalue weighted by molar-refractivity contribution is 0.0818. The van der Waals surface area contributed by atoms with Crippen molar-refractivity contribution < 1.29 is 9.37 Å². The van der Waals surface area contributed by atoms with Crippen molar-refractivity contribution in [2.75, 3.05) is 43.1 Å². The average Bonchev–Trinajstić information content (AvgIpc) is 2.92. The number of methoxy groups -OCH3 is 1. The highest BCUT2D eigenvalue weighted by Gasteiger charge is 2.26. The van der Waals surface area contributed by atoms with Gasteiger partial charge in [0.15, 0.2) is 11.6 Å². The van der Waals surface area contributed by atoms with Gasteiger partial charge < -0.3 is 14.5 Å². The highest BCUT2D eigenvalue weighted by atomic mass is 16.6. The molecule has 2 fully saturated rings. The quantitative estimate of drug-likeness (QED) is 0.844. The van der Waals surface area contributed by atoms with Gasteiger partial charge in [-0.15, -0.1) is 0 Å². The number of aromatic nitrogens is 4. The van der Waals surface area contributed by atoms with E-state index in [2.05, 4.69) is 20.1 Å². The highest BCUT2D eigenvalue weighted by molar-refractivity contribution is 5.74. The summed E-state index contributed by atoms with van der Waals surface area (Å²) < 4.78 is 10.3. The number of nitrogens with zero attached hydrogens (tertiary/aromatic N) is 6. The maximum absolute atomic E-state index is 5.49. The fourth-order valence-corrected chi connectivity index (χ4v) is 3.63. The fourth-order valence-electron chi connectivity index (χ4n) is 3.63. The molecule has 24 heavy (non-hydrogen) atoms. The molecule has 0 unspecified atom stereocenters. The zero-order valence-electron chi connectivity index (χ0n) is 14.1. The number of rotatable bonds is 3. The van der Waals surface area contributed by atoms with E-state index in [4.69, 9.17) is 19.3 Å². The van der Waals surface area contributed by atoms with E-state index in [1.807, 2.05) is 0 Å². The van der Waals surface area contributed by atoms with E-state index in [9.17, 15) is 0 Å². The number of hydrogen-bond donors (Lipinski definition) is 0. The maximum atomic E-state index is 5.49. The first-order chi connectivity index (χ1) is 11.8. The molecule has 130 valence electrons. The molecule has 0 aromatic carbocycles. The first kappa shape index (κ1) is 15.6. The second kappa shape index (κ2) is 6.88. The minimum Gasteiger partial charge on any atom is -0.381 e. The van der Waals surface area contributed by atoms with E-state index in [1.165, 1.54) is 25.7 Å². The lowest BCUT2D eigenvalue weighted by atomic mass is 10.1. The Morgan fingerprint density at radius 2 is 1.38 bits per heavy atom. The van der Waals surface area contributed by atoms with Gasteiger partial charge in [-0.05, 0) is 36.0 Å². The normalized spacial score (nSPS) is 20.5. The van der Waals surface area contributed by atoms with Gasteiger partial charge >= 0.3 is 0 Å². The van der Waals surface area contributed by atoms with Crippen molar-refractivity contribution in [1.82, 2.24) is 20.3 Å². The van der Waals surface area contributed by atoms with Gasteiger partial charge in [0.05, 0.1) is 6.10 Å². The molecule has 0 aliphatic carbocycles. The van der Waals surface area contributed by atoms with E-state index in [1.54, 1.807) is 7.11 Å². The van der Waals surface area contributed by atoms with Gasteiger partial charge in [0.25, 0.3) is 0 Å². The first-order valence-electron chi connectivity index (χ1n) is 8.88. The zero-order chi connectivity index (χ0) is 16.4. The van der Waals surface area contributed by atoms with E-state index in [0.29, 0.717) is 17.4 Å². The van der Waals surface area contributed by atoms with E-state index < -0.39 is 0 Å². The summed E-state index contributed by atoms with van der Waals surface area (Å²) in [6, 6.07) is 0. The van der Waals surface area contributed by atoms with E-state index in [0.717, 1.165) is 50.7 Å². The van der Waals surface area contributed by atoms with Crippen LogP contribution in [0.25, 0.3) is 11.3 Å². The smallest absolute Gasteiger partial charge is 0.245 e. The molecule has 0 atom stereocenters. The third-order valence-corrected chi connectivity index (χ3v) is 5.06. The minimum atomic E-state index is 0.341. The van der Waals surface area contributed by atoms with Crippen molar-refractivity contribution in [2.24, 2.45) is 0 Å². The second-order valence-electron chi connectivity index (χ2n) is 6.61. The fraction of sp³-hybridized carbons (Fsp3) is 0.750. The number of fused-ring (bicyclic) bond motifs is 1. The van der Waals surface area contributed by atoms with Gasteiger partial charge in [0.2, 0.25) is 11.3 Å². The summed E-state index contributed by atoms with van der Waals surface area (Å²) in [6.45, 7) is 3.88. The Kier molecular flexibility index (Phi) is 4.46. The summed E-state index contributed by atoms with van der Waals surface area (Å²) in [5.74, 6) is 1.84. The van der Waals surface area contributed by atoms with Crippen LogP contribution in [-0.2, 0) is 4.74 Å². The molecule has 0 N–H and O–H groups in total. The highest BCUT2D eigenvalue weighted by Crippen LogP contribution is 2.31. The van der Waals surface area contributed by atoms with Crippen molar-refractivity contribution in [3.63, 3.8) is 0 Å². The average molecular weight is 332 g/mol. The number of hydrogen-bond acceptors (Lipinski definition) is 8. The molecule has 2 aromatic rings. The Morgan fingerprint density at radius 3 is 1.92 bits per heavy atom. The molecule has 0 radical (unpaired) electrons. The number of piperidine rings is 1. The van der Waals surface area contributed by atoms with Gasteiger partial charge in [-0.2, -0.15) is 0 Å². The van der Waals surface area contributed by atoms with Crippen LogP contribution < -0.4 is 9.80 Å². The van der Waals surface area contributed by atoms with Crippen molar-refractivity contribution in [2.45, 2.75) is 44.6 Å². The van der Waals surface area contributed by atoms with Crippen molar-refractivity contribution in [3.05, 3.63) is 0 Å². The van der Waals surface area contributed by atoms with Gasteiger partial charge in [0, 0.05) is 33.3 Å². The van der Waals surface area contributed by atoms with Crippen LogP contribution in [0.1, 0.15) is 38.5 Å². The molecule has 4 heterocycles. The van der Waals surface area contributed by atoms with Crippen LogP contribution in [-0.4, -0.2) is 59.7 Å². The summed E-state index contributed by atoms with van der Waals surface area (Å²) in [5.41, 5.74) is 0.974. The molecule has 4 rings (SSSR count). The van der Waals surface area contributed by atoms with E-state index in [-0.39, 0.29) is 0 Å². The van der Waals surface area contributed by atoms with Crippen LogP contribution >= 0.6 is 0 Å². The molecular weight excluding hydrogens is 308 g/mol. The molecule has 0 bridgehead atoms. The third-order valence-electron chi connectivity index (χ3n) is 5.06. The minimum absolute atomic E-state index is 0.341. The molecule has 0 spiro atoms. The summed E-state index contributed by atoms with van der Waals surface area (Å²) >= 11 is 0. The van der Waals surface area contributed by atoms with Crippen LogP contribution in [0, 0.1) is 0 Å². The van der Waals surface area contributed by atoms with Crippen LogP contribution in [0.15, 0.2) is 4.63 Å². The molecule has 2 aromatic heterocycles. The molecule has 0 amide bonds. The molecule has 8 nitrogen and oxygen atoms in total. The lowest BCUT2D eigenvalue weighted by Gasteiger charge is -2.34. The first-order valence-corrected chi connectivity index (χ1v) is 8.88. The summed E-state index contributed by atoms with van der Waals surface area (Å²) in [7, 11) is 1.79. The molecule has 8 heteroatoms. The predicted molar refractivity (Wildman–Crippen MR) is 90.3 cm³/mol. The van der Waals surface area contributed by atoms with Crippen molar-refractivity contribution in [3.8, 4) is 0 Å². The van der Waals surface area contributed by atoms with Gasteiger partial charge in [0.1, 0.15) is 0 Å².